The first-order valence-corrected chi connectivity index (χ1v) is 6.83. The van der Waals surface area contributed by atoms with Gasteiger partial charge in [-0.15, -0.1) is 0 Å². The Hall–Kier alpha value is -0.620. The fourth-order valence-corrected chi connectivity index (χ4v) is 2.87. The van der Waals surface area contributed by atoms with Crippen molar-refractivity contribution >= 4 is 28.5 Å². The highest BCUT2D eigenvalue weighted by Gasteiger charge is 2.23. The minimum atomic E-state index is 0.115. The van der Waals surface area contributed by atoms with Gasteiger partial charge in [-0.05, 0) is 48.6 Å². The molecular weight excluding hydrogens is 329 g/mol. The van der Waals surface area contributed by atoms with Gasteiger partial charge in [0.15, 0.2) is 0 Å². The maximum absolute atomic E-state index is 12.3. The molecule has 3 nitrogen and oxygen atoms in total. The molecule has 1 aromatic carbocycles. The third-order valence-corrected chi connectivity index (χ3v) is 3.78. The number of hydrogen-bond acceptors (Lipinski definition) is 2. The van der Waals surface area contributed by atoms with Crippen molar-refractivity contribution in [3.8, 4) is 0 Å². The lowest BCUT2D eigenvalue weighted by molar-refractivity contribution is -0.0124. The Balaban J connectivity index is 2.18. The first kappa shape index (κ1) is 12.8. The molecule has 0 unspecified atom stereocenters. The van der Waals surface area contributed by atoms with Crippen LogP contribution in [0, 0.1) is 10.5 Å². The second-order valence-electron chi connectivity index (χ2n) is 4.42. The zero-order valence-corrected chi connectivity index (χ0v) is 12.2. The Bertz CT molecular complexity index is 433. The van der Waals surface area contributed by atoms with Crippen LogP contribution in [0.1, 0.15) is 22.8 Å². The van der Waals surface area contributed by atoms with Crippen LogP contribution in [0.3, 0.4) is 0 Å². The number of hydrogen-bond donors (Lipinski definition) is 0. The topological polar surface area (TPSA) is 29.5 Å². The molecule has 1 aromatic rings. The van der Waals surface area contributed by atoms with Crippen LogP contribution in [-0.4, -0.2) is 36.6 Å². The summed E-state index contributed by atoms with van der Waals surface area (Å²) in [7, 11) is 0. The highest BCUT2D eigenvalue weighted by Crippen LogP contribution is 2.17. The molecule has 1 fully saturated rings. The van der Waals surface area contributed by atoms with Crippen molar-refractivity contribution in [3.05, 3.63) is 32.9 Å². The van der Waals surface area contributed by atoms with Crippen LogP contribution in [0.5, 0.6) is 0 Å². The maximum Gasteiger partial charge on any atom is 0.255 e. The molecule has 4 heteroatoms. The van der Waals surface area contributed by atoms with Gasteiger partial charge in [0.25, 0.3) is 5.91 Å². The SMILES string of the molecule is Cc1ccc(C(=O)N2CCO[C@H](C)C2)c(I)c1. The number of rotatable bonds is 1. The third-order valence-electron chi connectivity index (χ3n) is 2.88. The zero-order valence-electron chi connectivity index (χ0n) is 10.1. The molecule has 17 heavy (non-hydrogen) atoms. The highest BCUT2D eigenvalue weighted by atomic mass is 127. The summed E-state index contributed by atoms with van der Waals surface area (Å²) < 4.78 is 6.47. The Morgan fingerprint density at radius 1 is 1.53 bits per heavy atom. The first-order chi connectivity index (χ1) is 8.08. The molecule has 1 heterocycles. The fourth-order valence-electron chi connectivity index (χ4n) is 1.97. The maximum atomic E-state index is 12.3. The van der Waals surface area contributed by atoms with E-state index in [2.05, 4.69) is 22.6 Å². The van der Waals surface area contributed by atoms with Crippen molar-refractivity contribution in [1.29, 1.82) is 0 Å². The predicted molar refractivity (Wildman–Crippen MR) is 75.2 cm³/mol. The molecule has 1 atom stereocenters. The van der Waals surface area contributed by atoms with Crippen LogP contribution in [0.15, 0.2) is 18.2 Å². The summed E-state index contributed by atoms with van der Waals surface area (Å²) in [6.45, 7) is 6.04. The molecular formula is C13H16INO2. The van der Waals surface area contributed by atoms with E-state index < -0.39 is 0 Å². The van der Waals surface area contributed by atoms with Gasteiger partial charge in [-0.1, -0.05) is 11.6 Å². The van der Waals surface area contributed by atoms with Gasteiger partial charge in [-0.25, -0.2) is 0 Å². The molecule has 0 radical (unpaired) electrons. The molecule has 0 spiro atoms. The van der Waals surface area contributed by atoms with Gasteiger partial charge in [0, 0.05) is 16.7 Å². The molecule has 0 aliphatic carbocycles. The third kappa shape index (κ3) is 2.98. The average Bonchev–Trinajstić information content (AvgIpc) is 2.28. The molecule has 1 aliphatic rings. The van der Waals surface area contributed by atoms with E-state index in [4.69, 9.17) is 4.74 Å². The molecule has 0 saturated carbocycles. The van der Waals surface area contributed by atoms with Crippen LogP contribution in [-0.2, 0) is 4.74 Å². The van der Waals surface area contributed by atoms with Crippen LogP contribution in [0.25, 0.3) is 0 Å². The number of nitrogens with zero attached hydrogens (tertiary/aromatic N) is 1. The summed E-state index contributed by atoms with van der Waals surface area (Å²) in [6.07, 6.45) is 0.135. The Morgan fingerprint density at radius 3 is 2.94 bits per heavy atom. The van der Waals surface area contributed by atoms with Crippen LogP contribution in [0.4, 0.5) is 0 Å². The fraction of sp³-hybridized carbons (Fsp3) is 0.462. The van der Waals surface area contributed by atoms with E-state index in [0.717, 1.165) is 9.13 Å². The van der Waals surface area contributed by atoms with Crippen LogP contribution >= 0.6 is 22.6 Å². The molecule has 2 rings (SSSR count). The summed E-state index contributed by atoms with van der Waals surface area (Å²) in [5, 5.41) is 0. The first-order valence-electron chi connectivity index (χ1n) is 5.75. The van der Waals surface area contributed by atoms with E-state index in [0.29, 0.717) is 19.7 Å². The number of carbonyl (C=O) groups excluding carboxylic acids is 1. The van der Waals surface area contributed by atoms with Gasteiger partial charge in [0.05, 0.1) is 18.3 Å². The quantitative estimate of drug-likeness (QED) is 0.732. The molecule has 0 N–H and O–H groups in total. The van der Waals surface area contributed by atoms with Gasteiger partial charge in [0.2, 0.25) is 0 Å². The second kappa shape index (κ2) is 5.35. The molecule has 1 amide bonds. The minimum Gasteiger partial charge on any atom is -0.375 e. The van der Waals surface area contributed by atoms with E-state index in [1.165, 1.54) is 5.56 Å². The monoisotopic (exact) mass is 345 g/mol. The highest BCUT2D eigenvalue weighted by molar-refractivity contribution is 14.1. The van der Waals surface area contributed by atoms with E-state index in [-0.39, 0.29) is 12.0 Å². The normalized spacial score (nSPS) is 20.4. The minimum absolute atomic E-state index is 0.115. The van der Waals surface area contributed by atoms with Crippen molar-refractivity contribution < 1.29 is 9.53 Å². The molecule has 92 valence electrons. The van der Waals surface area contributed by atoms with E-state index >= 15 is 0 Å². The smallest absolute Gasteiger partial charge is 0.255 e. The van der Waals surface area contributed by atoms with Crippen molar-refractivity contribution in [1.82, 2.24) is 4.90 Å². The lowest BCUT2D eigenvalue weighted by Crippen LogP contribution is -2.44. The summed E-state index contributed by atoms with van der Waals surface area (Å²) in [5.74, 6) is 0.115. The summed E-state index contributed by atoms with van der Waals surface area (Å²) in [6, 6.07) is 5.94. The van der Waals surface area contributed by atoms with Gasteiger partial charge in [-0.2, -0.15) is 0 Å². The summed E-state index contributed by atoms with van der Waals surface area (Å²) >= 11 is 2.22. The summed E-state index contributed by atoms with van der Waals surface area (Å²) in [4.78, 5) is 14.2. The average molecular weight is 345 g/mol. The van der Waals surface area contributed by atoms with Gasteiger partial charge in [0.1, 0.15) is 0 Å². The number of ether oxygens (including phenoxy) is 1. The second-order valence-corrected chi connectivity index (χ2v) is 5.58. The van der Waals surface area contributed by atoms with Crippen molar-refractivity contribution in [2.75, 3.05) is 19.7 Å². The van der Waals surface area contributed by atoms with Gasteiger partial charge >= 0.3 is 0 Å². The van der Waals surface area contributed by atoms with Crippen molar-refractivity contribution in [3.63, 3.8) is 0 Å². The number of amides is 1. The van der Waals surface area contributed by atoms with Crippen LogP contribution < -0.4 is 0 Å². The van der Waals surface area contributed by atoms with Crippen LogP contribution in [0.2, 0.25) is 0 Å². The lowest BCUT2D eigenvalue weighted by Gasteiger charge is -2.31. The Labute approximate surface area is 115 Å². The van der Waals surface area contributed by atoms with E-state index in [1.54, 1.807) is 0 Å². The standard InChI is InChI=1S/C13H16INO2/c1-9-3-4-11(12(14)7-9)13(16)15-5-6-17-10(2)8-15/h3-4,7,10H,5-6,8H2,1-2H3/t10-/m1/s1. The number of morpholine rings is 1. The number of benzene rings is 1. The Kier molecular flexibility index (Phi) is 4.04. The van der Waals surface area contributed by atoms with E-state index in [1.807, 2.05) is 36.9 Å². The van der Waals surface area contributed by atoms with Crippen molar-refractivity contribution in [2.45, 2.75) is 20.0 Å². The lowest BCUT2D eigenvalue weighted by atomic mass is 10.1. The van der Waals surface area contributed by atoms with Crippen molar-refractivity contribution in [2.24, 2.45) is 0 Å². The van der Waals surface area contributed by atoms with Gasteiger partial charge < -0.3 is 9.64 Å². The molecule has 1 aliphatic heterocycles. The largest absolute Gasteiger partial charge is 0.375 e. The molecule has 0 aromatic heterocycles. The van der Waals surface area contributed by atoms with Gasteiger partial charge in [-0.3, -0.25) is 4.79 Å². The predicted octanol–water partition coefficient (Wildman–Crippen LogP) is 2.46. The number of carbonyl (C=O) groups is 1. The zero-order chi connectivity index (χ0) is 12.4. The van der Waals surface area contributed by atoms with E-state index in [9.17, 15) is 4.79 Å². The number of halogens is 1. The number of aryl methyl sites for hydroxylation is 1. The Morgan fingerprint density at radius 2 is 2.29 bits per heavy atom. The molecule has 1 saturated heterocycles. The molecule has 0 bridgehead atoms. The summed E-state index contributed by atoms with van der Waals surface area (Å²) in [5.41, 5.74) is 1.98.